The Hall–Kier alpha value is -2.01. The van der Waals surface area contributed by atoms with Gasteiger partial charge in [0.15, 0.2) is 0 Å². The summed E-state index contributed by atoms with van der Waals surface area (Å²) < 4.78 is 42.4. The maximum Gasteiger partial charge on any atom is 0.454 e. The van der Waals surface area contributed by atoms with E-state index in [2.05, 4.69) is 0 Å². The minimum Gasteiger partial charge on any atom is -0.487 e. The summed E-state index contributed by atoms with van der Waals surface area (Å²) in [6.45, 7) is 0.229. The van der Waals surface area contributed by atoms with Crippen molar-refractivity contribution in [3.8, 4) is 5.75 Å². The van der Waals surface area contributed by atoms with Crippen LogP contribution in [0.3, 0.4) is 0 Å². The second kappa shape index (κ2) is 6.18. The number of alkyl halides is 3. The molecule has 0 aliphatic carbocycles. The van der Waals surface area contributed by atoms with Crippen molar-refractivity contribution < 1.29 is 22.7 Å². The van der Waals surface area contributed by atoms with Gasteiger partial charge in [-0.3, -0.25) is 4.79 Å². The van der Waals surface area contributed by atoms with Crippen molar-refractivity contribution >= 4 is 17.4 Å². The van der Waals surface area contributed by atoms with Crippen LogP contribution in [0.4, 0.5) is 13.2 Å². The smallest absolute Gasteiger partial charge is 0.454 e. The zero-order valence-corrected chi connectivity index (χ0v) is 11.4. The molecule has 0 heterocycles. The minimum absolute atomic E-state index is 0.0407. The summed E-state index contributed by atoms with van der Waals surface area (Å²) >= 11 is 5.85. The molecule has 0 aliphatic heterocycles. The highest BCUT2D eigenvalue weighted by Crippen LogP contribution is 2.29. The van der Waals surface area contributed by atoms with Gasteiger partial charge < -0.3 is 4.74 Å². The van der Waals surface area contributed by atoms with Crippen molar-refractivity contribution in [2.45, 2.75) is 12.8 Å². The third-order valence-electron chi connectivity index (χ3n) is 2.69. The average Bonchev–Trinajstić information content (AvgIpc) is 2.45. The molecular formula is C15H10ClF3O2. The van der Waals surface area contributed by atoms with Gasteiger partial charge in [-0.2, -0.15) is 13.2 Å². The Labute approximate surface area is 124 Å². The monoisotopic (exact) mass is 314 g/mol. The molecule has 2 aromatic rings. The highest BCUT2D eigenvalue weighted by atomic mass is 35.5. The van der Waals surface area contributed by atoms with Crippen LogP contribution in [0.25, 0.3) is 0 Å². The number of Topliss-reactive ketones (excluding diaryl/α,β-unsaturated/α-hetero) is 1. The lowest BCUT2D eigenvalue weighted by atomic mass is 10.1. The Bertz CT molecular complexity index is 639. The van der Waals surface area contributed by atoms with Crippen LogP contribution in [-0.4, -0.2) is 12.0 Å². The number of ketones is 1. The first-order chi connectivity index (χ1) is 9.88. The molecule has 0 aromatic heterocycles. The molecule has 0 amide bonds. The quantitative estimate of drug-likeness (QED) is 0.767. The summed E-state index contributed by atoms with van der Waals surface area (Å²) in [5, 5.41) is -0.0407. The standard InChI is InChI=1S/C15H10ClF3O2/c16-12-8-11(14(20)15(17,18)19)6-7-13(12)21-9-10-4-2-1-3-5-10/h1-8H,9H2. The number of halogens is 4. The SMILES string of the molecule is O=C(c1ccc(OCc2ccccc2)c(Cl)c1)C(F)(F)F. The molecule has 0 atom stereocenters. The molecule has 110 valence electrons. The number of carbonyl (C=O) groups is 1. The molecule has 2 nitrogen and oxygen atoms in total. The van der Waals surface area contributed by atoms with Crippen LogP contribution in [0.15, 0.2) is 48.5 Å². The van der Waals surface area contributed by atoms with Gasteiger partial charge in [-0.05, 0) is 23.8 Å². The lowest BCUT2D eigenvalue weighted by Gasteiger charge is -2.10. The van der Waals surface area contributed by atoms with Crippen molar-refractivity contribution in [3.05, 3.63) is 64.7 Å². The van der Waals surface area contributed by atoms with E-state index < -0.39 is 17.5 Å². The van der Waals surface area contributed by atoms with Crippen LogP contribution in [0, 0.1) is 0 Å². The predicted molar refractivity (Wildman–Crippen MR) is 72.6 cm³/mol. The number of rotatable bonds is 4. The van der Waals surface area contributed by atoms with Gasteiger partial charge in [0, 0.05) is 5.56 Å². The Balaban J connectivity index is 2.11. The summed E-state index contributed by atoms with van der Waals surface area (Å²) in [4.78, 5) is 11.1. The summed E-state index contributed by atoms with van der Waals surface area (Å²) in [6, 6.07) is 12.5. The van der Waals surface area contributed by atoms with Gasteiger partial charge in [0.2, 0.25) is 0 Å². The molecule has 0 N–H and O–H groups in total. The Kier molecular flexibility index (Phi) is 4.53. The molecular weight excluding hydrogens is 305 g/mol. The molecule has 2 aromatic carbocycles. The van der Waals surface area contributed by atoms with Crippen molar-refractivity contribution in [2.24, 2.45) is 0 Å². The lowest BCUT2D eigenvalue weighted by Crippen LogP contribution is -2.22. The van der Waals surface area contributed by atoms with E-state index in [0.29, 0.717) is 0 Å². The number of hydrogen-bond donors (Lipinski definition) is 0. The molecule has 0 saturated carbocycles. The van der Waals surface area contributed by atoms with Crippen LogP contribution in [0.2, 0.25) is 5.02 Å². The normalized spacial score (nSPS) is 11.2. The first-order valence-corrected chi connectivity index (χ1v) is 6.33. The molecule has 0 bridgehead atoms. The Morgan fingerprint density at radius 3 is 2.33 bits per heavy atom. The van der Waals surface area contributed by atoms with Gasteiger partial charge >= 0.3 is 6.18 Å². The molecule has 2 rings (SSSR count). The van der Waals surface area contributed by atoms with Crippen LogP contribution in [0.5, 0.6) is 5.75 Å². The number of hydrogen-bond acceptors (Lipinski definition) is 2. The lowest BCUT2D eigenvalue weighted by molar-refractivity contribution is -0.0885. The van der Waals surface area contributed by atoms with Crippen molar-refractivity contribution in [2.75, 3.05) is 0 Å². The van der Waals surface area contributed by atoms with Crippen LogP contribution >= 0.6 is 11.6 Å². The van der Waals surface area contributed by atoms with Gasteiger partial charge in [0.1, 0.15) is 12.4 Å². The molecule has 0 unspecified atom stereocenters. The van der Waals surface area contributed by atoms with Crippen molar-refractivity contribution in [1.82, 2.24) is 0 Å². The molecule has 6 heteroatoms. The number of carbonyl (C=O) groups excluding carboxylic acids is 1. The first kappa shape index (κ1) is 15.4. The third kappa shape index (κ3) is 3.98. The summed E-state index contributed by atoms with van der Waals surface area (Å²) in [5.41, 5.74) is 0.378. The zero-order chi connectivity index (χ0) is 15.5. The van der Waals surface area contributed by atoms with Crippen LogP contribution in [-0.2, 0) is 6.61 Å². The van der Waals surface area contributed by atoms with Gasteiger partial charge in [-0.15, -0.1) is 0 Å². The molecule has 21 heavy (non-hydrogen) atoms. The average molecular weight is 315 g/mol. The van der Waals surface area contributed by atoms with Crippen LogP contribution in [0.1, 0.15) is 15.9 Å². The molecule has 0 aliphatic rings. The van der Waals surface area contributed by atoms with Crippen LogP contribution < -0.4 is 4.74 Å². The molecule has 0 radical (unpaired) electrons. The largest absolute Gasteiger partial charge is 0.487 e. The number of ether oxygens (including phenoxy) is 1. The topological polar surface area (TPSA) is 26.3 Å². The second-order valence-electron chi connectivity index (χ2n) is 4.25. The van der Waals surface area contributed by atoms with Crippen molar-refractivity contribution in [1.29, 1.82) is 0 Å². The van der Waals surface area contributed by atoms with E-state index in [1.54, 1.807) is 0 Å². The maximum absolute atomic E-state index is 12.3. The van der Waals surface area contributed by atoms with Gasteiger partial charge in [-0.25, -0.2) is 0 Å². The zero-order valence-electron chi connectivity index (χ0n) is 10.7. The van der Waals surface area contributed by atoms with Crippen molar-refractivity contribution in [3.63, 3.8) is 0 Å². The molecule has 0 spiro atoms. The summed E-state index contributed by atoms with van der Waals surface area (Å²) in [7, 11) is 0. The van der Waals surface area contributed by atoms with E-state index in [1.807, 2.05) is 30.3 Å². The minimum atomic E-state index is -4.92. The molecule has 0 fully saturated rings. The Morgan fingerprint density at radius 1 is 1.10 bits per heavy atom. The fourth-order valence-electron chi connectivity index (χ4n) is 1.66. The first-order valence-electron chi connectivity index (χ1n) is 5.96. The van der Waals surface area contributed by atoms with E-state index in [0.717, 1.165) is 17.7 Å². The fraction of sp³-hybridized carbons (Fsp3) is 0.133. The highest BCUT2D eigenvalue weighted by molar-refractivity contribution is 6.32. The summed E-state index contributed by atoms with van der Waals surface area (Å²) in [6.07, 6.45) is -4.92. The summed E-state index contributed by atoms with van der Waals surface area (Å²) in [5.74, 6) is -1.71. The Morgan fingerprint density at radius 2 is 1.76 bits per heavy atom. The van der Waals surface area contributed by atoms with E-state index in [1.165, 1.54) is 6.07 Å². The van der Waals surface area contributed by atoms with Gasteiger partial charge in [0.05, 0.1) is 5.02 Å². The second-order valence-corrected chi connectivity index (χ2v) is 4.65. The third-order valence-corrected chi connectivity index (χ3v) is 2.98. The van der Waals surface area contributed by atoms with Gasteiger partial charge in [0.25, 0.3) is 5.78 Å². The van der Waals surface area contributed by atoms with E-state index in [4.69, 9.17) is 16.3 Å². The van der Waals surface area contributed by atoms with E-state index in [9.17, 15) is 18.0 Å². The van der Waals surface area contributed by atoms with E-state index in [-0.39, 0.29) is 17.4 Å². The predicted octanol–water partition coefficient (Wildman–Crippen LogP) is 4.66. The maximum atomic E-state index is 12.3. The van der Waals surface area contributed by atoms with Gasteiger partial charge in [-0.1, -0.05) is 41.9 Å². The number of benzene rings is 2. The van der Waals surface area contributed by atoms with E-state index >= 15 is 0 Å². The fourth-order valence-corrected chi connectivity index (χ4v) is 1.89. The highest BCUT2D eigenvalue weighted by Gasteiger charge is 2.39. The molecule has 0 saturated heterocycles.